The van der Waals surface area contributed by atoms with Crippen LogP contribution in [0.25, 0.3) is 0 Å². The van der Waals surface area contributed by atoms with Gasteiger partial charge in [-0.25, -0.2) is 4.79 Å². The summed E-state index contributed by atoms with van der Waals surface area (Å²) in [5.41, 5.74) is -2.71. The van der Waals surface area contributed by atoms with Crippen LogP contribution in [-0.2, 0) is 15.7 Å². The normalized spacial score (nSPS) is 19.2. The Kier molecular flexibility index (Phi) is 7.62. The zero-order chi connectivity index (χ0) is 27.0. The molecule has 1 aliphatic heterocycles. The molecule has 1 spiro atoms. The highest BCUT2D eigenvalue weighted by Gasteiger charge is 2.53. The summed E-state index contributed by atoms with van der Waals surface area (Å²) >= 11 is 0. The van der Waals surface area contributed by atoms with Crippen molar-refractivity contribution >= 4 is 23.6 Å². The summed E-state index contributed by atoms with van der Waals surface area (Å²) < 4.78 is 53.4. The minimum absolute atomic E-state index is 0.0123. The minimum atomic E-state index is -4.80. The average Bonchev–Trinajstić information content (AvgIpc) is 2.83. The van der Waals surface area contributed by atoms with Gasteiger partial charge in [0.25, 0.3) is 11.8 Å². The number of alkyl halides is 3. The largest absolute Gasteiger partial charge is 0.475 e. The van der Waals surface area contributed by atoms with Crippen molar-refractivity contribution < 1.29 is 37.0 Å². The van der Waals surface area contributed by atoms with Crippen LogP contribution in [0.4, 0.5) is 23.7 Å². The maximum absolute atomic E-state index is 14.3. The fourth-order valence-corrected chi connectivity index (χ4v) is 5.58. The van der Waals surface area contributed by atoms with Crippen LogP contribution >= 0.6 is 0 Å². The number of nitrogens with zero attached hydrogens (tertiary/aromatic N) is 2. The topological polar surface area (TPSA) is 88.2 Å². The Bertz CT molecular complexity index is 1050. The van der Waals surface area contributed by atoms with E-state index in [1.807, 2.05) is 0 Å². The second-order valence-electron chi connectivity index (χ2n) is 10.3. The molecule has 11 heteroatoms. The van der Waals surface area contributed by atoms with Crippen LogP contribution in [0, 0.1) is 0 Å². The number of alkyl carbamates (subject to hydrolysis) is 1. The van der Waals surface area contributed by atoms with E-state index in [2.05, 4.69) is 10.1 Å². The first-order chi connectivity index (χ1) is 17.5. The van der Waals surface area contributed by atoms with Crippen LogP contribution in [0.1, 0.15) is 81.1 Å². The molecule has 0 atom stereocenters. The Hall–Kier alpha value is -2.98. The number of carbonyl (C=O) groups is 3. The lowest BCUT2D eigenvalue weighted by Crippen LogP contribution is -2.61. The number of nitrogens with one attached hydrogen (secondary N) is 1. The van der Waals surface area contributed by atoms with Crippen LogP contribution < -0.4 is 15.0 Å². The first-order valence-electron chi connectivity index (χ1n) is 12.9. The lowest BCUT2D eigenvalue weighted by atomic mass is 9.77. The number of hydrogen-bond donors (Lipinski definition) is 1. The zero-order valence-corrected chi connectivity index (χ0v) is 21.5. The third-order valence-corrected chi connectivity index (χ3v) is 7.58. The molecule has 4 rings (SSSR count). The fourth-order valence-electron chi connectivity index (χ4n) is 5.58. The molecule has 1 N–H and O–H groups in total. The summed E-state index contributed by atoms with van der Waals surface area (Å²) in [5.74, 6) is -1.18. The monoisotopic (exact) mass is 525 g/mol. The van der Waals surface area contributed by atoms with E-state index in [4.69, 9.17) is 4.74 Å². The van der Waals surface area contributed by atoms with Crippen molar-refractivity contribution in [2.45, 2.75) is 89.1 Å². The van der Waals surface area contributed by atoms with Crippen LogP contribution in [0.15, 0.2) is 12.1 Å². The first kappa shape index (κ1) is 27.1. The van der Waals surface area contributed by atoms with Crippen LogP contribution in [-0.4, -0.2) is 60.7 Å². The van der Waals surface area contributed by atoms with Gasteiger partial charge in [0, 0.05) is 25.2 Å². The molecular formula is C26H34F3N3O5. The maximum atomic E-state index is 14.3. The summed E-state index contributed by atoms with van der Waals surface area (Å²) in [7, 11) is 1.21. The summed E-state index contributed by atoms with van der Waals surface area (Å²) in [6.07, 6.45) is 0.353. The van der Waals surface area contributed by atoms with Crippen LogP contribution in [0.5, 0.6) is 5.75 Å². The average molecular weight is 526 g/mol. The van der Waals surface area contributed by atoms with Gasteiger partial charge >= 0.3 is 12.3 Å². The lowest BCUT2D eigenvalue weighted by molar-refractivity contribution is -0.143. The number of fused-ring (bicyclic) bond motifs is 1. The third-order valence-electron chi connectivity index (χ3n) is 7.58. The predicted molar refractivity (Wildman–Crippen MR) is 130 cm³/mol. The molecular weight excluding hydrogens is 491 g/mol. The third kappa shape index (κ3) is 5.22. The number of amides is 3. The Morgan fingerprint density at radius 2 is 1.86 bits per heavy atom. The van der Waals surface area contributed by atoms with Gasteiger partial charge in [-0.05, 0) is 58.1 Å². The van der Waals surface area contributed by atoms with Crippen molar-refractivity contribution in [1.82, 2.24) is 10.2 Å². The Morgan fingerprint density at radius 3 is 2.41 bits per heavy atom. The highest BCUT2D eigenvalue weighted by molar-refractivity contribution is 6.06. The van der Waals surface area contributed by atoms with E-state index >= 15 is 0 Å². The maximum Gasteiger partial charge on any atom is 0.417 e. The molecule has 8 nitrogen and oxygen atoms in total. The van der Waals surface area contributed by atoms with Gasteiger partial charge in [0.1, 0.15) is 5.75 Å². The molecule has 0 radical (unpaired) electrons. The van der Waals surface area contributed by atoms with E-state index in [9.17, 15) is 27.6 Å². The summed E-state index contributed by atoms with van der Waals surface area (Å²) in [6.45, 7) is 3.60. The molecule has 1 aromatic rings. The Morgan fingerprint density at radius 1 is 1.19 bits per heavy atom. The molecule has 204 valence electrons. The van der Waals surface area contributed by atoms with Crippen LogP contribution in [0.2, 0.25) is 0 Å². The molecule has 0 unspecified atom stereocenters. The molecule has 0 aromatic heterocycles. The number of halogens is 3. The second kappa shape index (κ2) is 10.4. The Labute approximate surface area is 214 Å². The quantitative estimate of drug-likeness (QED) is 0.571. The first-order valence-corrected chi connectivity index (χ1v) is 12.9. The number of methoxy groups -OCH3 is 1. The van der Waals surface area contributed by atoms with Crippen molar-refractivity contribution in [3.05, 3.63) is 23.3 Å². The van der Waals surface area contributed by atoms with Gasteiger partial charge in [0.05, 0.1) is 23.9 Å². The summed E-state index contributed by atoms with van der Waals surface area (Å²) in [5, 5.41) is 2.49. The van der Waals surface area contributed by atoms with Gasteiger partial charge in [-0.3, -0.25) is 9.59 Å². The van der Waals surface area contributed by atoms with Gasteiger partial charge in [-0.15, -0.1) is 0 Å². The fraction of sp³-hybridized carbons (Fsp3) is 0.654. The van der Waals surface area contributed by atoms with Gasteiger partial charge in [0.15, 0.2) is 5.60 Å². The second-order valence-corrected chi connectivity index (χ2v) is 10.3. The van der Waals surface area contributed by atoms with Gasteiger partial charge in [-0.2, -0.15) is 13.2 Å². The van der Waals surface area contributed by atoms with Gasteiger partial charge in [0.2, 0.25) is 0 Å². The molecule has 0 saturated heterocycles. The molecule has 1 heterocycles. The van der Waals surface area contributed by atoms with E-state index in [0.717, 1.165) is 44.2 Å². The number of anilines is 1. The van der Waals surface area contributed by atoms with Crippen molar-refractivity contribution in [1.29, 1.82) is 0 Å². The molecule has 2 aliphatic carbocycles. The number of rotatable bonds is 6. The molecule has 3 amide bonds. The standard InChI is InChI=1S/C26H34F3N3O5/c1-16(2)32(17-8-5-4-6-9-17)22(33)18-14-20-21(15-19(18)26(27,28)29)37-25(10-7-11-25)23(34)31(20)13-12-30-24(35)36-3/h14-17H,4-13H2,1-3H3,(H,30,35). The molecule has 37 heavy (non-hydrogen) atoms. The molecule has 2 fully saturated rings. The predicted octanol–water partition coefficient (Wildman–Crippen LogP) is 4.89. The molecule has 3 aliphatic rings. The van der Waals surface area contributed by atoms with Crippen molar-refractivity contribution in [2.75, 3.05) is 25.1 Å². The van der Waals surface area contributed by atoms with E-state index in [1.54, 1.807) is 18.7 Å². The van der Waals surface area contributed by atoms with Gasteiger partial charge < -0.3 is 24.6 Å². The van der Waals surface area contributed by atoms with Crippen molar-refractivity contribution in [2.24, 2.45) is 0 Å². The summed E-state index contributed by atoms with van der Waals surface area (Å²) in [6, 6.07) is 1.55. The molecule has 1 aromatic carbocycles. The number of hydrogen-bond acceptors (Lipinski definition) is 5. The van der Waals surface area contributed by atoms with Crippen molar-refractivity contribution in [3.63, 3.8) is 0 Å². The molecule has 0 bridgehead atoms. The number of carbonyl (C=O) groups excluding carboxylic acids is 3. The lowest BCUT2D eigenvalue weighted by Gasteiger charge is -2.47. The van der Waals surface area contributed by atoms with Gasteiger partial charge in [-0.1, -0.05) is 19.3 Å². The Balaban J connectivity index is 1.78. The highest BCUT2D eigenvalue weighted by atomic mass is 19.4. The SMILES string of the molecule is COC(=O)NCCN1C(=O)C2(CCC2)Oc2cc(C(F)(F)F)c(C(=O)N(C(C)C)C3CCCCC3)cc21. The van der Waals surface area contributed by atoms with E-state index in [-0.39, 0.29) is 42.5 Å². The molecule has 2 saturated carbocycles. The summed E-state index contributed by atoms with van der Waals surface area (Å²) in [4.78, 5) is 41.6. The van der Waals surface area contributed by atoms with E-state index < -0.39 is 34.9 Å². The van der Waals surface area contributed by atoms with E-state index in [1.165, 1.54) is 12.0 Å². The smallest absolute Gasteiger partial charge is 0.417 e. The number of ether oxygens (including phenoxy) is 2. The zero-order valence-electron chi connectivity index (χ0n) is 21.5. The number of benzene rings is 1. The minimum Gasteiger partial charge on any atom is -0.475 e. The van der Waals surface area contributed by atoms with Crippen LogP contribution in [0.3, 0.4) is 0 Å². The highest BCUT2D eigenvalue weighted by Crippen LogP contribution is 2.49. The van der Waals surface area contributed by atoms with Crippen molar-refractivity contribution in [3.8, 4) is 5.75 Å². The van der Waals surface area contributed by atoms with E-state index in [0.29, 0.717) is 19.3 Å².